The zero-order chi connectivity index (χ0) is 14.3. The first-order valence-corrected chi connectivity index (χ1v) is 7.47. The normalized spacial score (nSPS) is 15.7. The summed E-state index contributed by atoms with van der Waals surface area (Å²) in [7, 11) is 0. The number of nitrogens with zero attached hydrogens (tertiary/aromatic N) is 1. The summed E-state index contributed by atoms with van der Waals surface area (Å²) < 4.78 is 2.50. The lowest BCUT2D eigenvalue weighted by Crippen LogP contribution is -2.61. The van der Waals surface area contributed by atoms with Gasteiger partial charge in [0.25, 0.3) is 0 Å². The summed E-state index contributed by atoms with van der Waals surface area (Å²) >= 11 is 0. The van der Waals surface area contributed by atoms with Crippen LogP contribution >= 0.6 is 0 Å². The maximum Gasteiger partial charge on any atom is 0.214 e. The van der Waals surface area contributed by atoms with Crippen LogP contribution in [0.2, 0.25) is 0 Å². The van der Waals surface area contributed by atoms with E-state index in [9.17, 15) is 0 Å². The number of aromatic nitrogens is 1. The van der Waals surface area contributed by atoms with E-state index in [0.717, 1.165) is 12.8 Å². The predicted molar refractivity (Wildman–Crippen MR) is 84.4 cm³/mol. The molecule has 102 valence electrons. The molecule has 0 aliphatic carbocycles. The molecule has 0 N–H and O–H groups in total. The minimum absolute atomic E-state index is 0.00896. The molecule has 1 nitrogen and oxygen atoms in total. The summed E-state index contributed by atoms with van der Waals surface area (Å²) in [6, 6.07) is 15.2. The van der Waals surface area contributed by atoms with Crippen LogP contribution < -0.4 is 4.57 Å². The van der Waals surface area contributed by atoms with Crippen LogP contribution in [0.3, 0.4) is 0 Å². The largest absolute Gasteiger partial charge is 0.214 e. The molecule has 0 spiro atoms. The Morgan fingerprint density at radius 1 is 0.950 bits per heavy atom. The Morgan fingerprint density at radius 2 is 1.60 bits per heavy atom. The Kier molecular flexibility index (Phi) is 3.01. The van der Waals surface area contributed by atoms with E-state index in [0.29, 0.717) is 0 Å². The van der Waals surface area contributed by atoms with Gasteiger partial charge in [0.15, 0.2) is 11.2 Å². The van der Waals surface area contributed by atoms with Gasteiger partial charge in [-0.1, -0.05) is 38.6 Å². The molecule has 0 saturated carbocycles. The molecule has 0 radical (unpaired) electrons. The summed E-state index contributed by atoms with van der Waals surface area (Å²) in [4.78, 5) is 0. The fourth-order valence-electron chi connectivity index (χ4n) is 3.74. The van der Waals surface area contributed by atoms with Crippen LogP contribution in [0.15, 0.2) is 49.0 Å². The maximum absolute atomic E-state index is 4.47. The molecule has 1 heteroatoms. The highest BCUT2D eigenvalue weighted by Crippen LogP contribution is 2.43. The lowest BCUT2D eigenvalue weighted by molar-refractivity contribution is -0.746. The van der Waals surface area contributed by atoms with E-state index in [1.807, 2.05) is 0 Å². The first-order chi connectivity index (χ1) is 9.65. The summed E-state index contributed by atoms with van der Waals surface area (Å²) in [5, 5.41) is 0. The van der Waals surface area contributed by atoms with Crippen molar-refractivity contribution in [3.63, 3.8) is 0 Å². The van der Waals surface area contributed by atoms with Crippen LogP contribution in [0.5, 0.6) is 0 Å². The zero-order valence-electron chi connectivity index (χ0n) is 12.6. The highest BCUT2D eigenvalue weighted by molar-refractivity contribution is 5.82. The third-order valence-electron chi connectivity index (χ3n) is 4.87. The molecule has 0 atom stereocenters. The summed E-state index contributed by atoms with van der Waals surface area (Å²) in [5.74, 6) is 0. The number of benzene rings is 1. The molecule has 1 aliphatic heterocycles. The van der Waals surface area contributed by atoms with E-state index in [2.05, 4.69) is 74.4 Å². The summed E-state index contributed by atoms with van der Waals surface area (Å²) in [6.07, 6.45) is 2.14. The Labute approximate surface area is 121 Å². The molecule has 0 amide bonds. The lowest BCUT2D eigenvalue weighted by atomic mass is 9.75. The molecule has 2 heterocycles. The summed E-state index contributed by atoms with van der Waals surface area (Å²) in [5.41, 5.74) is 6.50. The van der Waals surface area contributed by atoms with Crippen molar-refractivity contribution in [1.29, 1.82) is 0 Å². The molecular formula is C19H22N+. The van der Waals surface area contributed by atoms with Crippen LogP contribution in [0.25, 0.3) is 16.8 Å². The number of aryl methyl sites for hydroxylation is 1. The van der Waals surface area contributed by atoms with Crippen LogP contribution in [0, 0.1) is 6.92 Å². The van der Waals surface area contributed by atoms with Crippen molar-refractivity contribution in [3.8, 4) is 11.3 Å². The van der Waals surface area contributed by atoms with E-state index in [1.54, 1.807) is 0 Å². The lowest BCUT2D eigenvalue weighted by Gasteiger charge is -2.35. The molecule has 0 saturated heterocycles. The fraction of sp³-hybridized carbons (Fsp3) is 0.316. The van der Waals surface area contributed by atoms with Gasteiger partial charge in [-0.25, -0.2) is 0 Å². The van der Waals surface area contributed by atoms with Crippen LogP contribution in [0.4, 0.5) is 0 Å². The number of pyridine rings is 1. The quantitative estimate of drug-likeness (QED) is 0.704. The third kappa shape index (κ3) is 1.53. The molecule has 1 aliphatic rings. The van der Waals surface area contributed by atoms with Gasteiger partial charge in [0.1, 0.15) is 0 Å². The fourth-order valence-corrected chi connectivity index (χ4v) is 3.74. The van der Waals surface area contributed by atoms with Gasteiger partial charge < -0.3 is 0 Å². The van der Waals surface area contributed by atoms with E-state index >= 15 is 0 Å². The van der Waals surface area contributed by atoms with Crippen LogP contribution in [-0.4, -0.2) is 0 Å². The van der Waals surface area contributed by atoms with Crippen molar-refractivity contribution >= 4 is 5.57 Å². The van der Waals surface area contributed by atoms with Gasteiger partial charge in [-0.05, 0) is 17.7 Å². The number of rotatable bonds is 2. The molecule has 20 heavy (non-hydrogen) atoms. The third-order valence-corrected chi connectivity index (χ3v) is 4.87. The Morgan fingerprint density at radius 3 is 2.25 bits per heavy atom. The van der Waals surface area contributed by atoms with Gasteiger partial charge >= 0.3 is 0 Å². The van der Waals surface area contributed by atoms with Crippen LogP contribution in [-0.2, 0) is 5.54 Å². The van der Waals surface area contributed by atoms with E-state index in [-0.39, 0.29) is 5.54 Å². The van der Waals surface area contributed by atoms with E-state index < -0.39 is 0 Å². The average molecular weight is 264 g/mol. The smallest absolute Gasteiger partial charge is 0.186 e. The van der Waals surface area contributed by atoms with Crippen molar-refractivity contribution in [1.82, 2.24) is 0 Å². The molecule has 1 aromatic heterocycles. The SMILES string of the molecule is C=C1c2ccccc2-c2cccc(C)[n+]2C1(CC)CC. The van der Waals surface area contributed by atoms with Crippen molar-refractivity contribution in [2.45, 2.75) is 39.2 Å². The molecular weight excluding hydrogens is 242 g/mol. The highest BCUT2D eigenvalue weighted by Gasteiger charge is 2.47. The number of hydrogen-bond donors (Lipinski definition) is 0. The Balaban J connectivity index is 2.44. The zero-order valence-corrected chi connectivity index (χ0v) is 12.6. The van der Waals surface area contributed by atoms with Gasteiger partial charge in [-0.3, -0.25) is 0 Å². The van der Waals surface area contributed by atoms with Gasteiger partial charge in [0.2, 0.25) is 5.69 Å². The van der Waals surface area contributed by atoms with Crippen molar-refractivity contribution in [2.75, 3.05) is 0 Å². The monoisotopic (exact) mass is 264 g/mol. The van der Waals surface area contributed by atoms with Gasteiger partial charge in [0, 0.05) is 37.5 Å². The van der Waals surface area contributed by atoms with Crippen molar-refractivity contribution in [2.24, 2.45) is 0 Å². The molecule has 0 unspecified atom stereocenters. The highest BCUT2D eigenvalue weighted by atomic mass is 15.1. The second-order valence-electron chi connectivity index (χ2n) is 5.65. The van der Waals surface area contributed by atoms with E-state index in [4.69, 9.17) is 0 Å². The molecule has 2 aromatic rings. The Bertz CT molecular complexity index is 678. The van der Waals surface area contributed by atoms with Gasteiger partial charge in [0.05, 0.1) is 5.56 Å². The molecule has 1 aromatic carbocycles. The summed E-state index contributed by atoms with van der Waals surface area (Å²) in [6.45, 7) is 11.2. The van der Waals surface area contributed by atoms with Crippen molar-refractivity contribution in [3.05, 3.63) is 60.3 Å². The van der Waals surface area contributed by atoms with E-state index in [1.165, 1.54) is 28.1 Å². The minimum Gasteiger partial charge on any atom is -0.186 e. The number of fused-ring (bicyclic) bond motifs is 3. The van der Waals surface area contributed by atoms with Crippen molar-refractivity contribution < 1.29 is 4.57 Å². The molecule has 0 fully saturated rings. The standard InChI is InChI=1S/C19H22N/c1-5-19(6-2)15(4)16-11-7-8-12-17(16)18-13-9-10-14(3)20(18)19/h7-13H,4-6H2,1-3H3/q+1. The molecule has 0 bridgehead atoms. The predicted octanol–water partition coefficient (Wildman–Crippen LogP) is 4.49. The second kappa shape index (κ2) is 4.59. The van der Waals surface area contributed by atoms with Gasteiger partial charge in [-0.2, -0.15) is 4.57 Å². The topological polar surface area (TPSA) is 3.88 Å². The first kappa shape index (κ1) is 13.1. The number of allylic oxidation sites excluding steroid dienone is 1. The van der Waals surface area contributed by atoms with Crippen LogP contribution in [0.1, 0.15) is 37.9 Å². The second-order valence-corrected chi connectivity index (χ2v) is 5.65. The minimum atomic E-state index is 0.00896. The average Bonchev–Trinajstić information content (AvgIpc) is 2.49. The Hall–Kier alpha value is -1.89. The first-order valence-electron chi connectivity index (χ1n) is 7.47. The number of hydrogen-bond acceptors (Lipinski definition) is 0. The maximum atomic E-state index is 4.47. The molecule has 3 rings (SSSR count). The van der Waals surface area contributed by atoms with Gasteiger partial charge in [-0.15, -0.1) is 0 Å².